The molecule has 0 saturated heterocycles. The van der Waals surface area contributed by atoms with Gasteiger partial charge in [0, 0.05) is 11.3 Å². The fourth-order valence-corrected chi connectivity index (χ4v) is 1.97. The molecular formula is C11H14BrN5. The number of halogens is 1. The smallest absolute Gasteiger partial charge is 0.183 e. The lowest BCUT2D eigenvalue weighted by Crippen LogP contribution is -2.24. The van der Waals surface area contributed by atoms with Crippen molar-refractivity contribution in [1.82, 2.24) is 20.2 Å². The number of nitrogens with zero attached hydrogens (tertiary/aromatic N) is 4. The Morgan fingerprint density at radius 1 is 1.29 bits per heavy atom. The number of hydrogen-bond donors (Lipinski definition) is 1. The fourth-order valence-electron chi connectivity index (χ4n) is 1.53. The highest BCUT2D eigenvalue weighted by molar-refractivity contribution is 9.10. The third-order valence-corrected chi connectivity index (χ3v) is 3.26. The molecular weight excluding hydrogens is 282 g/mol. The summed E-state index contributed by atoms with van der Waals surface area (Å²) in [5, 5.41) is 11.8. The summed E-state index contributed by atoms with van der Waals surface area (Å²) in [6.45, 7) is 6.15. The van der Waals surface area contributed by atoms with Gasteiger partial charge in [0.25, 0.3) is 0 Å². The Balaban J connectivity index is 2.62. The van der Waals surface area contributed by atoms with Crippen LogP contribution in [0.5, 0.6) is 0 Å². The molecule has 2 N–H and O–H groups in total. The van der Waals surface area contributed by atoms with E-state index >= 15 is 0 Å². The van der Waals surface area contributed by atoms with Crippen LogP contribution in [0, 0.1) is 0 Å². The first-order valence-electron chi connectivity index (χ1n) is 5.24. The predicted octanol–water partition coefficient (Wildman–Crippen LogP) is 2.44. The van der Waals surface area contributed by atoms with E-state index in [2.05, 4.69) is 31.5 Å². The standard InChI is InChI=1S/C11H14BrN5/c1-11(2,3)17-10(14-15-16-17)7-5-4-6-8(13)9(7)12/h4-6H,13H2,1-3H3. The molecule has 0 aliphatic carbocycles. The Kier molecular flexibility index (Phi) is 2.91. The topological polar surface area (TPSA) is 69.6 Å². The quantitative estimate of drug-likeness (QED) is 0.821. The average molecular weight is 296 g/mol. The third-order valence-electron chi connectivity index (χ3n) is 2.37. The molecule has 1 aromatic carbocycles. The van der Waals surface area contributed by atoms with E-state index in [-0.39, 0.29) is 5.54 Å². The van der Waals surface area contributed by atoms with Crippen molar-refractivity contribution in [2.75, 3.05) is 5.73 Å². The van der Waals surface area contributed by atoms with Gasteiger partial charge in [-0.3, -0.25) is 0 Å². The summed E-state index contributed by atoms with van der Waals surface area (Å²) in [6.07, 6.45) is 0. The van der Waals surface area contributed by atoms with Crippen LogP contribution in [0.15, 0.2) is 22.7 Å². The molecule has 2 aromatic rings. The van der Waals surface area contributed by atoms with Crippen LogP contribution in [-0.2, 0) is 5.54 Å². The minimum atomic E-state index is -0.178. The number of nitrogens with two attached hydrogens (primary N) is 1. The molecule has 0 unspecified atom stereocenters. The second-order valence-corrected chi connectivity index (χ2v) is 5.59. The lowest BCUT2D eigenvalue weighted by molar-refractivity contribution is 0.351. The first-order chi connectivity index (χ1) is 7.91. The molecule has 0 saturated carbocycles. The van der Waals surface area contributed by atoms with Gasteiger partial charge in [0.15, 0.2) is 5.82 Å². The van der Waals surface area contributed by atoms with E-state index in [0.717, 1.165) is 10.0 Å². The van der Waals surface area contributed by atoms with Crippen LogP contribution in [0.25, 0.3) is 11.4 Å². The number of nitrogen functional groups attached to an aromatic ring is 1. The molecule has 0 amide bonds. The lowest BCUT2D eigenvalue weighted by Gasteiger charge is -2.20. The van der Waals surface area contributed by atoms with E-state index in [9.17, 15) is 0 Å². The van der Waals surface area contributed by atoms with Gasteiger partial charge in [0.05, 0.1) is 10.0 Å². The predicted molar refractivity (Wildman–Crippen MR) is 70.4 cm³/mol. The van der Waals surface area contributed by atoms with Crippen LogP contribution in [-0.4, -0.2) is 20.2 Å². The molecule has 0 fully saturated rings. The van der Waals surface area contributed by atoms with E-state index in [0.29, 0.717) is 11.5 Å². The molecule has 1 heterocycles. The van der Waals surface area contributed by atoms with Crippen molar-refractivity contribution in [2.45, 2.75) is 26.3 Å². The highest BCUT2D eigenvalue weighted by Crippen LogP contribution is 2.32. The molecule has 0 bridgehead atoms. The van der Waals surface area contributed by atoms with Crippen molar-refractivity contribution in [3.8, 4) is 11.4 Å². The summed E-state index contributed by atoms with van der Waals surface area (Å²) in [6, 6.07) is 5.66. The summed E-state index contributed by atoms with van der Waals surface area (Å²) in [7, 11) is 0. The molecule has 0 aliphatic rings. The first-order valence-corrected chi connectivity index (χ1v) is 6.04. The van der Waals surface area contributed by atoms with Crippen molar-refractivity contribution in [1.29, 1.82) is 0 Å². The molecule has 17 heavy (non-hydrogen) atoms. The Morgan fingerprint density at radius 3 is 2.65 bits per heavy atom. The maximum absolute atomic E-state index is 5.86. The van der Waals surface area contributed by atoms with Gasteiger partial charge in [0.1, 0.15) is 0 Å². The number of anilines is 1. The van der Waals surface area contributed by atoms with E-state index in [1.54, 1.807) is 4.68 Å². The molecule has 0 spiro atoms. The van der Waals surface area contributed by atoms with Gasteiger partial charge in [-0.2, -0.15) is 0 Å². The minimum absolute atomic E-state index is 0.178. The van der Waals surface area contributed by atoms with E-state index in [1.165, 1.54) is 0 Å². The van der Waals surface area contributed by atoms with Crippen molar-refractivity contribution in [3.05, 3.63) is 22.7 Å². The first kappa shape index (κ1) is 12.0. The van der Waals surface area contributed by atoms with Crippen LogP contribution in [0.3, 0.4) is 0 Å². The van der Waals surface area contributed by atoms with Crippen molar-refractivity contribution in [2.24, 2.45) is 0 Å². The Hall–Kier alpha value is -1.43. The van der Waals surface area contributed by atoms with Crippen LogP contribution in [0.4, 0.5) is 5.69 Å². The monoisotopic (exact) mass is 295 g/mol. The molecule has 6 heteroatoms. The van der Waals surface area contributed by atoms with Crippen LogP contribution in [0.1, 0.15) is 20.8 Å². The van der Waals surface area contributed by atoms with Crippen molar-refractivity contribution < 1.29 is 0 Å². The summed E-state index contributed by atoms with van der Waals surface area (Å²) >= 11 is 3.47. The number of benzene rings is 1. The molecule has 1 aromatic heterocycles. The molecule has 90 valence electrons. The number of hydrogen-bond acceptors (Lipinski definition) is 4. The zero-order valence-corrected chi connectivity index (χ0v) is 11.6. The second kappa shape index (κ2) is 4.10. The zero-order valence-electron chi connectivity index (χ0n) is 9.98. The highest BCUT2D eigenvalue weighted by atomic mass is 79.9. The molecule has 0 radical (unpaired) electrons. The maximum Gasteiger partial charge on any atom is 0.183 e. The van der Waals surface area contributed by atoms with E-state index < -0.39 is 0 Å². The largest absolute Gasteiger partial charge is 0.398 e. The van der Waals surface area contributed by atoms with Crippen molar-refractivity contribution in [3.63, 3.8) is 0 Å². The van der Waals surface area contributed by atoms with Crippen LogP contribution in [0.2, 0.25) is 0 Å². The highest BCUT2D eigenvalue weighted by Gasteiger charge is 2.22. The number of aromatic nitrogens is 4. The molecule has 0 atom stereocenters. The maximum atomic E-state index is 5.86. The molecule has 0 aliphatic heterocycles. The SMILES string of the molecule is CC(C)(C)n1nnnc1-c1cccc(N)c1Br. The summed E-state index contributed by atoms with van der Waals surface area (Å²) < 4.78 is 2.60. The Morgan fingerprint density at radius 2 is 2.00 bits per heavy atom. The van der Waals surface area contributed by atoms with Gasteiger partial charge >= 0.3 is 0 Å². The molecule has 2 rings (SSSR count). The van der Waals surface area contributed by atoms with Gasteiger partial charge in [-0.1, -0.05) is 6.07 Å². The fraction of sp³-hybridized carbons (Fsp3) is 0.364. The van der Waals surface area contributed by atoms with Gasteiger partial charge in [-0.25, -0.2) is 4.68 Å². The van der Waals surface area contributed by atoms with Crippen LogP contribution < -0.4 is 5.73 Å². The minimum Gasteiger partial charge on any atom is -0.398 e. The Labute approximate surface area is 108 Å². The van der Waals surface area contributed by atoms with Crippen LogP contribution >= 0.6 is 15.9 Å². The summed E-state index contributed by atoms with van der Waals surface area (Å²) in [5.41, 5.74) is 7.25. The number of tetrazole rings is 1. The average Bonchev–Trinajstić information content (AvgIpc) is 2.70. The van der Waals surface area contributed by atoms with Crippen molar-refractivity contribution >= 4 is 21.6 Å². The lowest BCUT2D eigenvalue weighted by atomic mass is 10.1. The van der Waals surface area contributed by atoms with Gasteiger partial charge in [0.2, 0.25) is 0 Å². The van der Waals surface area contributed by atoms with Gasteiger partial charge < -0.3 is 5.73 Å². The van der Waals surface area contributed by atoms with Gasteiger partial charge in [-0.15, -0.1) is 5.10 Å². The normalized spacial score (nSPS) is 11.8. The van der Waals surface area contributed by atoms with E-state index in [1.807, 2.05) is 39.0 Å². The second-order valence-electron chi connectivity index (χ2n) is 4.79. The van der Waals surface area contributed by atoms with E-state index in [4.69, 9.17) is 5.73 Å². The zero-order chi connectivity index (χ0) is 12.6. The Bertz CT molecular complexity index is 541. The van der Waals surface area contributed by atoms with Gasteiger partial charge in [-0.05, 0) is 59.3 Å². The molecule has 5 nitrogen and oxygen atoms in total. The summed E-state index contributed by atoms with van der Waals surface area (Å²) in [5.74, 6) is 0.705. The number of rotatable bonds is 1. The third kappa shape index (κ3) is 2.17. The summed E-state index contributed by atoms with van der Waals surface area (Å²) in [4.78, 5) is 0.